The Morgan fingerprint density at radius 3 is 2.60 bits per heavy atom. The van der Waals surface area contributed by atoms with Gasteiger partial charge in [0.1, 0.15) is 5.92 Å². The molecular formula is C10H16O5. The molecule has 0 radical (unpaired) electrons. The van der Waals surface area contributed by atoms with Crippen LogP contribution in [-0.2, 0) is 9.53 Å². The van der Waals surface area contributed by atoms with Gasteiger partial charge in [-0.15, -0.1) is 0 Å². The van der Waals surface area contributed by atoms with Gasteiger partial charge < -0.3 is 20.1 Å². The first-order chi connectivity index (χ1) is 7.02. The van der Waals surface area contributed by atoms with Crippen molar-refractivity contribution in [2.24, 2.45) is 23.7 Å². The number of carbonyl (C=O) groups is 1. The number of aliphatic carboxylic acids is 1. The normalized spacial score (nSPS) is 50.1. The predicted octanol–water partition coefficient (Wildman–Crippen LogP) is -0.331. The molecule has 15 heavy (non-hydrogen) atoms. The van der Waals surface area contributed by atoms with Gasteiger partial charge in [0.05, 0.1) is 12.7 Å². The predicted molar refractivity (Wildman–Crippen MR) is 49.9 cm³/mol. The first-order valence-corrected chi connectivity index (χ1v) is 5.23. The van der Waals surface area contributed by atoms with Crippen LogP contribution in [0.4, 0.5) is 0 Å². The lowest BCUT2D eigenvalue weighted by Gasteiger charge is -2.36. The molecule has 2 aliphatic rings. The summed E-state index contributed by atoms with van der Waals surface area (Å²) in [5, 5.41) is 28.2. The van der Waals surface area contributed by atoms with E-state index in [-0.39, 0.29) is 17.8 Å². The number of fused-ring (bicyclic) bond motifs is 1. The van der Waals surface area contributed by atoms with Gasteiger partial charge in [0.25, 0.3) is 0 Å². The maximum Gasteiger partial charge on any atom is 0.311 e. The Morgan fingerprint density at radius 2 is 2.00 bits per heavy atom. The highest BCUT2D eigenvalue weighted by Gasteiger charge is 2.51. The lowest BCUT2D eigenvalue weighted by Crippen LogP contribution is -2.45. The van der Waals surface area contributed by atoms with Crippen molar-refractivity contribution in [1.29, 1.82) is 0 Å². The van der Waals surface area contributed by atoms with Crippen LogP contribution in [0.25, 0.3) is 0 Å². The van der Waals surface area contributed by atoms with Gasteiger partial charge in [0, 0.05) is 0 Å². The van der Waals surface area contributed by atoms with E-state index in [0.717, 1.165) is 0 Å². The van der Waals surface area contributed by atoms with Gasteiger partial charge in [-0.1, -0.05) is 6.92 Å². The third kappa shape index (κ3) is 1.64. The summed E-state index contributed by atoms with van der Waals surface area (Å²) in [4.78, 5) is 11.0. The second kappa shape index (κ2) is 3.73. The number of ether oxygens (including phenoxy) is 1. The molecule has 86 valence electrons. The zero-order chi connectivity index (χ0) is 11.2. The van der Waals surface area contributed by atoms with Crippen LogP contribution in [0.2, 0.25) is 0 Å². The van der Waals surface area contributed by atoms with Gasteiger partial charge >= 0.3 is 5.97 Å². The molecular weight excluding hydrogens is 200 g/mol. The molecule has 5 heteroatoms. The van der Waals surface area contributed by atoms with E-state index in [4.69, 9.17) is 9.84 Å². The summed E-state index contributed by atoms with van der Waals surface area (Å²) < 4.78 is 5.05. The Kier molecular flexibility index (Phi) is 2.70. The minimum atomic E-state index is -1.23. The molecule has 0 aromatic rings. The van der Waals surface area contributed by atoms with E-state index in [0.29, 0.717) is 13.0 Å². The molecule has 0 aromatic carbocycles. The van der Waals surface area contributed by atoms with Crippen LogP contribution >= 0.6 is 0 Å². The van der Waals surface area contributed by atoms with Gasteiger partial charge in [-0.2, -0.15) is 0 Å². The van der Waals surface area contributed by atoms with E-state index in [1.807, 2.05) is 6.92 Å². The summed E-state index contributed by atoms with van der Waals surface area (Å²) in [6.45, 7) is 2.24. The lowest BCUT2D eigenvalue weighted by molar-refractivity contribution is -0.207. The highest BCUT2D eigenvalue weighted by atomic mass is 16.6. The standard InChI is InChI=1S/C10H16O5/c1-4-6-3-15-10(14)8(9(12)13)5(6)2-7(4)11/h4-8,10-11,14H,2-3H2,1H3,(H,12,13)/t4-,5+,6-,7+,8+,10-/m1/s1. The van der Waals surface area contributed by atoms with Crippen molar-refractivity contribution in [1.82, 2.24) is 0 Å². The van der Waals surface area contributed by atoms with Crippen LogP contribution in [0.15, 0.2) is 0 Å². The van der Waals surface area contributed by atoms with Crippen molar-refractivity contribution in [3.8, 4) is 0 Å². The molecule has 1 aliphatic carbocycles. The van der Waals surface area contributed by atoms with Crippen LogP contribution in [0.1, 0.15) is 13.3 Å². The fourth-order valence-electron chi connectivity index (χ4n) is 2.86. The fraction of sp³-hybridized carbons (Fsp3) is 0.900. The number of rotatable bonds is 1. The van der Waals surface area contributed by atoms with Crippen LogP contribution in [-0.4, -0.2) is 40.3 Å². The molecule has 0 unspecified atom stereocenters. The summed E-state index contributed by atoms with van der Waals surface area (Å²) in [6.07, 6.45) is -1.26. The molecule has 0 spiro atoms. The zero-order valence-electron chi connectivity index (χ0n) is 8.54. The summed E-state index contributed by atoms with van der Waals surface area (Å²) in [7, 11) is 0. The second-order valence-electron chi connectivity index (χ2n) is 4.58. The van der Waals surface area contributed by atoms with E-state index in [1.165, 1.54) is 0 Å². The molecule has 2 fully saturated rings. The lowest BCUT2D eigenvalue weighted by atomic mass is 9.79. The summed E-state index contributed by atoms with van der Waals surface area (Å²) in [6, 6.07) is 0. The SMILES string of the molecule is C[C@@H]1[C@H]2CO[C@@H](O)[C@H](C(=O)O)[C@H]2C[C@@H]1O. The molecule has 6 atom stereocenters. The maximum atomic E-state index is 11.0. The van der Waals surface area contributed by atoms with Gasteiger partial charge in [0.15, 0.2) is 6.29 Å². The topological polar surface area (TPSA) is 87.0 Å². The maximum absolute atomic E-state index is 11.0. The van der Waals surface area contributed by atoms with Crippen LogP contribution in [0, 0.1) is 23.7 Å². The van der Waals surface area contributed by atoms with Crippen molar-refractivity contribution >= 4 is 5.97 Å². The van der Waals surface area contributed by atoms with Gasteiger partial charge in [-0.25, -0.2) is 0 Å². The average molecular weight is 216 g/mol. The molecule has 1 aliphatic heterocycles. The highest BCUT2D eigenvalue weighted by molar-refractivity contribution is 5.71. The van der Waals surface area contributed by atoms with Crippen molar-refractivity contribution in [2.45, 2.75) is 25.7 Å². The van der Waals surface area contributed by atoms with Gasteiger partial charge in [-0.05, 0) is 24.2 Å². The largest absolute Gasteiger partial charge is 0.481 e. The molecule has 0 amide bonds. The van der Waals surface area contributed by atoms with Crippen LogP contribution < -0.4 is 0 Å². The number of hydrogen-bond acceptors (Lipinski definition) is 4. The van der Waals surface area contributed by atoms with Gasteiger partial charge in [-0.3, -0.25) is 4.79 Å². The van der Waals surface area contributed by atoms with Crippen molar-refractivity contribution in [3.05, 3.63) is 0 Å². The molecule has 3 N–H and O–H groups in total. The minimum Gasteiger partial charge on any atom is -0.481 e. The molecule has 1 heterocycles. The molecule has 2 rings (SSSR count). The van der Waals surface area contributed by atoms with E-state index in [9.17, 15) is 15.0 Å². The van der Waals surface area contributed by atoms with Crippen molar-refractivity contribution in [3.63, 3.8) is 0 Å². The number of aliphatic hydroxyl groups is 2. The average Bonchev–Trinajstić information content (AvgIpc) is 2.42. The Hall–Kier alpha value is -0.650. The van der Waals surface area contributed by atoms with E-state index in [1.54, 1.807) is 0 Å². The summed E-state index contributed by atoms with van der Waals surface area (Å²) >= 11 is 0. The third-order valence-corrected chi connectivity index (χ3v) is 3.86. The molecule has 0 bridgehead atoms. The highest BCUT2D eigenvalue weighted by Crippen LogP contribution is 2.45. The van der Waals surface area contributed by atoms with E-state index >= 15 is 0 Å². The number of aliphatic hydroxyl groups excluding tert-OH is 2. The van der Waals surface area contributed by atoms with Crippen molar-refractivity contribution < 1.29 is 24.9 Å². The number of carboxylic acids is 1. The van der Waals surface area contributed by atoms with Crippen molar-refractivity contribution in [2.75, 3.05) is 6.61 Å². The summed E-state index contributed by atoms with van der Waals surface area (Å²) in [5.41, 5.74) is 0. The van der Waals surface area contributed by atoms with Crippen LogP contribution in [0.3, 0.4) is 0 Å². The third-order valence-electron chi connectivity index (χ3n) is 3.86. The Morgan fingerprint density at radius 1 is 1.33 bits per heavy atom. The molecule has 5 nitrogen and oxygen atoms in total. The first kappa shape index (κ1) is 10.9. The number of carboxylic acid groups (broad SMARTS) is 1. The first-order valence-electron chi connectivity index (χ1n) is 5.23. The van der Waals surface area contributed by atoms with Crippen LogP contribution in [0.5, 0.6) is 0 Å². The fourth-order valence-corrected chi connectivity index (χ4v) is 2.86. The summed E-state index contributed by atoms with van der Waals surface area (Å²) in [5.74, 6) is -2.02. The smallest absolute Gasteiger partial charge is 0.311 e. The Labute approximate surface area is 87.7 Å². The number of hydrogen-bond donors (Lipinski definition) is 3. The van der Waals surface area contributed by atoms with Gasteiger partial charge in [0.2, 0.25) is 0 Å². The van der Waals surface area contributed by atoms with E-state index in [2.05, 4.69) is 0 Å². The molecule has 0 aromatic heterocycles. The minimum absolute atomic E-state index is 0.0457. The quantitative estimate of drug-likeness (QED) is 0.558. The molecule has 1 saturated heterocycles. The van der Waals surface area contributed by atoms with E-state index < -0.39 is 24.3 Å². The Bertz CT molecular complexity index is 267. The Balaban J connectivity index is 2.21. The molecule has 1 saturated carbocycles. The second-order valence-corrected chi connectivity index (χ2v) is 4.58. The zero-order valence-corrected chi connectivity index (χ0v) is 8.54. The monoisotopic (exact) mass is 216 g/mol.